The fourth-order valence-corrected chi connectivity index (χ4v) is 16.4. The number of hydrogen-bond acceptors (Lipinski definition) is 2. The second-order valence-electron chi connectivity index (χ2n) is 22.9. The summed E-state index contributed by atoms with van der Waals surface area (Å²) in [7, 11) is 0. The van der Waals surface area contributed by atoms with Crippen LogP contribution >= 0.6 is 0 Å². The topological polar surface area (TPSA) is 6.48 Å². The molecule has 0 N–H and O–H groups in total. The molecule has 386 valence electrons. The van der Waals surface area contributed by atoms with Crippen molar-refractivity contribution in [1.29, 1.82) is 0 Å². The maximum atomic E-state index is 2.62. The molecule has 5 aliphatic rings. The van der Waals surface area contributed by atoms with E-state index in [0.29, 0.717) is 0 Å². The maximum absolute atomic E-state index is 2.62. The molecule has 0 aromatic heterocycles. The highest BCUT2D eigenvalue weighted by molar-refractivity contribution is 6.03. The Labute approximate surface area is 484 Å². The molecule has 13 aromatic carbocycles. The van der Waals surface area contributed by atoms with Crippen LogP contribution in [-0.4, -0.2) is 0 Å². The van der Waals surface area contributed by atoms with Crippen molar-refractivity contribution in [3.05, 3.63) is 382 Å². The van der Waals surface area contributed by atoms with Gasteiger partial charge in [-0.3, -0.25) is 0 Å². The van der Waals surface area contributed by atoms with E-state index in [1.807, 2.05) is 0 Å². The Hall–Kier alpha value is -10.5. The van der Waals surface area contributed by atoms with Crippen LogP contribution in [-0.2, 0) is 16.2 Å². The zero-order valence-electron chi connectivity index (χ0n) is 45.4. The van der Waals surface area contributed by atoms with Gasteiger partial charge in [0.05, 0.1) is 33.3 Å². The summed E-state index contributed by atoms with van der Waals surface area (Å²) in [5.74, 6) is 0. The van der Waals surface area contributed by atoms with Gasteiger partial charge in [0.1, 0.15) is 0 Å². The lowest BCUT2D eigenvalue weighted by molar-refractivity contribution is 0.752. The molecule has 2 nitrogen and oxygen atoms in total. The fourth-order valence-electron chi connectivity index (χ4n) is 16.4. The zero-order chi connectivity index (χ0) is 54.4. The van der Waals surface area contributed by atoms with Crippen LogP contribution in [0.2, 0.25) is 0 Å². The van der Waals surface area contributed by atoms with Crippen LogP contribution in [0.3, 0.4) is 0 Å². The van der Waals surface area contributed by atoms with Crippen molar-refractivity contribution < 1.29 is 0 Å². The molecule has 0 saturated heterocycles. The lowest BCUT2D eigenvalue weighted by Crippen LogP contribution is -2.36. The summed E-state index contributed by atoms with van der Waals surface area (Å²) in [5.41, 5.74) is 30.6. The van der Waals surface area contributed by atoms with E-state index in [-0.39, 0.29) is 0 Å². The summed E-state index contributed by atoms with van der Waals surface area (Å²) in [4.78, 5) is 5.10. The van der Waals surface area contributed by atoms with Gasteiger partial charge in [-0.1, -0.05) is 261 Å². The average molecular weight is 1050 g/mol. The summed E-state index contributed by atoms with van der Waals surface area (Å²) in [6.45, 7) is 0. The highest BCUT2D eigenvalue weighted by atomic mass is 15.2. The molecular weight excluding hydrogens is 1000 g/mol. The molecule has 1 aliphatic heterocycles. The first-order chi connectivity index (χ1) is 41.2. The zero-order valence-corrected chi connectivity index (χ0v) is 45.4. The number of nitrogens with zero attached hydrogens (tertiary/aromatic N) is 2. The monoisotopic (exact) mass is 1050 g/mol. The smallest absolute Gasteiger partial charge is 0.0755 e. The minimum atomic E-state index is -0.659. The lowest BCUT2D eigenvalue weighted by Gasteiger charge is -2.45. The van der Waals surface area contributed by atoms with Crippen LogP contribution in [0.25, 0.3) is 44.5 Å². The third kappa shape index (κ3) is 5.86. The van der Waals surface area contributed by atoms with Gasteiger partial charge >= 0.3 is 0 Å². The van der Waals surface area contributed by atoms with E-state index in [0.717, 1.165) is 22.7 Å². The molecule has 4 aliphatic carbocycles. The first kappa shape index (κ1) is 46.2. The lowest BCUT2D eigenvalue weighted by atomic mass is 9.64. The maximum Gasteiger partial charge on any atom is 0.0755 e. The Kier molecular flexibility index (Phi) is 9.60. The van der Waals surface area contributed by atoms with Crippen LogP contribution < -0.4 is 9.80 Å². The van der Waals surface area contributed by atoms with Crippen LogP contribution in [0.5, 0.6) is 0 Å². The number of benzene rings is 13. The van der Waals surface area contributed by atoms with E-state index in [2.05, 4.69) is 325 Å². The van der Waals surface area contributed by atoms with E-state index >= 15 is 0 Å². The van der Waals surface area contributed by atoms with E-state index in [9.17, 15) is 0 Å². The van der Waals surface area contributed by atoms with Crippen molar-refractivity contribution in [3.63, 3.8) is 0 Å². The summed E-state index contributed by atoms with van der Waals surface area (Å²) in [6, 6.07) is 119. The first-order valence-electron chi connectivity index (χ1n) is 29.1. The normalized spacial score (nSPS) is 14.8. The largest absolute Gasteiger partial charge is 0.310 e. The molecule has 2 heteroatoms. The highest BCUT2D eigenvalue weighted by Gasteiger charge is 2.55. The molecule has 0 bridgehead atoms. The van der Waals surface area contributed by atoms with Gasteiger partial charge in [-0.2, -0.15) is 0 Å². The van der Waals surface area contributed by atoms with Crippen molar-refractivity contribution in [3.8, 4) is 44.5 Å². The van der Waals surface area contributed by atoms with Gasteiger partial charge in [-0.15, -0.1) is 0 Å². The molecule has 0 fully saturated rings. The van der Waals surface area contributed by atoms with Crippen LogP contribution in [0.15, 0.2) is 315 Å². The van der Waals surface area contributed by atoms with Crippen LogP contribution in [0.1, 0.15) is 66.8 Å². The van der Waals surface area contributed by atoms with E-state index < -0.39 is 16.2 Å². The second kappa shape index (κ2) is 17.2. The van der Waals surface area contributed by atoms with Gasteiger partial charge in [0.25, 0.3) is 0 Å². The minimum absolute atomic E-state index is 0.528. The van der Waals surface area contributed by atoms with Gasteiger partial charge in [-0.05, 0) is 160 Å². The number of anilines is 6. The number of hydrogen-bond donors (Lipinski definition) is 0. The fraction of sp³-hybridized carbons (Fsp3) is 0.0370. The predicted octanol–water partition coefficient (Wildman–Crippen LogP) is 20.0. The predicted molar refractivity (Wildman–Crippen MR) is 340 cm³/mol. The summed E-state index contributed by atoms with van der Waals surface area (Å²) < 4.78 is 0. The van der Waals surface area contributed by atoms with Gasteiger partial charge in [-0.25, -0.2) is 0 Å². The SMILES string of the molecule is c1ccc(N2c3ccccc3C3(c4ccccc4-c4ccc(N(c5ccc6c(c5)C(c5ccccc5)(c5ccccc5)c5ccccc5-6)c5cccc6c5-c5ccccc5C65c6ccccc6-c6ccccc65)cc43)c3ccccc32)cc1. The highest BCUT2D eigenvalue weighted by Crippen LogP contribution is 2.67. The number of rotatable bonds is 6. The molecular formula is C81H52N2. The molecule has 0 radical (unpaired) electrons. The van der Waals surface area contributed by atoms with Gasteiger partial charge in [0.2, 0.25) is 0 Å². The molecule has 0 saturated carbocycles. The molecule has 2 spiro atoms. The summed E-state index contributed by atoms with van der Waals surface area (Å²) in [6.07, 6.45) is 0. The van der Waals surface area contributed by atoms with Crippen molar-refractivity contribution in [1.82, 2.24) is 0 Å². The summed E-state index contributed by atoms with van der Waals surface area (Å²) >= 11 is 0. The van der Waals surface area contributed by atoms with Crippen LogP contribution in [0, 0.1) is 0 Å². The van der Waals surface area contributed by atoms with E-state index in [4.69, 9.17) is 0 Å². The molecule has 13 aromatic rings. The Morgan fingerprint density at radius 3 is 1.05 bits per heavy atom. The van der Waals surface area contributed by atoms with E-state index in [1.54, 1.807) is 0 Å². The first-order valence-corrected chi connectivity index (χ1v) is 29.1. The second-order valence-corrected chi connectivity index (χ2v) is 22.9. The third-order valence-corrected chi connectivity index (χ3v) is 19.3. The minimum Gasteiger partial charge on any atom is -0.310 e. The molecule has 83 heavy (non-hydrogen) atoms. The molecule has 1 heterocycles. The Balaban J connectivity index is 0.953. The van der Waals surface area contributed by atoms with Gasteiger partial charge in [0, 0.05) is 22.6 Å². The Morgan fingerprint density at radius 1 is 0.229 bits per heavy atom. The van der Waals surface area contributed by atoms with Gasteiger partial charge < -0.3 is 9.80 Å². The van der Waals surface area contributed by atoms with Crippen molar-refractivity contribution in [2.24, 2.45) is 0 Å². The quantitative estimate of drug-likeness (QED) is 0.164. The molecule has 0 atom stereocenters. The Bertz CT molecular complexity index is 4690. The number of fused-ring (bicyclic) bond motifs is 22. The molecule has 0 unspecified atom stereocenters. The summed E-state index contributed by atoms with van der Waals surface area (Å²) in [5, 5.41) is 0. The Morgan fingerprint density at radius 2 is 0.566 bits per heavy atom. The average Bonchev–Trinajstić information content (AvgIpc) is 2.05. The standard InChI is InChI=1S/C81H52N2/c1-4-25-53(26-5-1)79(54-27-6-2-7-28-54)65-36-15-10-33-60(65)62-49-47-56(51-73(62)79)82(77-46-24-43-72-78(77)64-35-14-19-40-69(64)80(72)66-37-16-11-31-58(66)59-32-12-17-38-67(59)80)57-48-50-63-61-34-13-18-39-68(61)81(74(63)52-57)70-41-20-22-44-75(70)83(55-29-8-3-9-30-55)76-45-23-21-42-71(76)81/h1-52H. The van der Waals surface area contributed by atoms with Crippen molar-refractivity contribution in [2.45, 2.75) is 16.2 Å². The molecule has 0 amide bonds. The third-order valence-electron chi connectivity index (χ3n) is 19.3. The molecule has 18 rings (SSSR count). The van der Waals surface area contributed by atoms with Crippen molar-refractivity contribution in [2.75, 3.05) is 9.80 Å². The number of para-hydroxylation sites is 3. The van der Waals surface area contributed by atoms with Crippen LogP contribution in [0.4, 0.5) is 34.1 Å². The van der Waals surface area contributed by atoms with Crippen molar-refractivity contribution >= 4 is 34.1 Å². The van der Waals surface area contributed by atoms with Gasteiger partial charge in [0.15, 0.2) is 0 Å². The van der Waals surface area contributed by atoms with E-state index in [1.165, 1.54) is 123 Å².